The van der Waals surface area contributed by atoms with E-state index in [4.69, 9.17) is 0 Å². The molecule has 0 unspecified atom stereocenters. The summed E-state index contributed by atoms with van der Waals surface area (Å²) in [7, 11) is 0. The Morgan fingerprint density at radius 2 is 2.56 bits per heavy atom. The molecule has 0 spiro atoms. The first kappa shape index (κ1) is 6.81. The minimum absolute atomic E-state index is 0.516. The van der Waals surface area contributed by atoms with Crippen LogP contribution in [0.3, 0.4) is 0 Å². The number of hydrogen-bond acceptors (Lipinski definition) is 2. The van der Waals surface area contributed by atoms with Gasteiger partial charge in [-0.05, 0) is 19.2 Å². The molecular formula is C6H12N2S. The van der Waals surface area contributed by atoms with Gasteiger partial charge in [-0.1, -0.05) is 0 Å². The second-order valence-corrected chi connectivity index (χ2v) is 3.32. The maximum atomic E-state index is 4.21. The second-order valence-electron chi connectivity index (χ2n) is 2.28. The lowest BCUT2D eigenvalue weighted by Crippen LogP contribution is -2.26. The van der Waals surface area contributed by atoms with Crippen LogP contribution in [0.1, 0.15) is 13.8 Å². The van der Waals surface area contributed by atoms with Gasteiger partial charge in [0.25, 0.3) is 0 Å². The highest BCUT2D eigenvalue weighted by molar-refractivity contribution is 8.12. The van der Waals surface area contributed by atoms with Gasteiger partial charge in [0.2, 0.25) is 0 Å². The van der Waals surface area contributed by atoms with Crippen molar-refractivity contribution in [1.29, 1.82) is 0 Å². The molecule has 9 heavy (non-hydrogen) atoms. The van der Waals surface area contributed by atoms with Crippen molar-refractivity contribution >= 4 is 21.9 Å². The summed E-state index contributed by atoms with van der Waals surface area (Å²) in [4.78, 5) is 4.21. The standard InChI is InChI=1S/C6H12N2S/c1-5(2)8-6-7-3-4-9-6/h4-5,9H,3H2,1-2H3,(H,7,8). The van der Waals surface area contributed by atoms with Crippen LogP contribution in [0.25, 0.3) is 0 Å². The summed E-state index contributed by atoms with van der Waals surface area (Å²) >= 11 is 1.25. The Kier molecular flexibility index (Phi) is 2.28. The van der Waals surface area contributed by atoms with Gasteiger partial charge in [0.05, 0.1) is 6.54 Å². The lowest BCUT2D eigenvalue weighted by atomic mass is 10.4. The summed E-state index contributed by atoms with van der Waals surface area (Å²) < 4.78 is 0. The molecule has 0 saturated heterocycles. The number of thiol groups is 1. The lowest BCUT2D eigenvalue weighted by Gasteiger charge is -2.06. The highest BCUT2D eigenvalue weighted by Crippen LogP contribution is 1.96. The normalized spacial score (nSPS) is 17.4. The van der Waals surface area contributed by atoms with Gasteiger partial charge in [-0.15, -0.1) is 11.4 Å². The average Bonchev–Trinajstić information content (AvgIpc) is 2.15. The zero-order valence-corrected chi connectivity index (χ0v) is 6.65. The number of hydrogen-bond donors (Lipinski definition) is 2. The van der Waals surface area contributed by atoms with E-state index >= 15 is 0 Å². The Hall–Kier alpha value is -0.310. The molecule has 0 aromatic heterocycles. The first-order chi connectivity index (χ1) is 4.29. The van der Waals surface area contributed by atoms with E-state index in [9.17, 15) is 0 Å². The Balaban J connectivity index is 2.35. The molecule has 1 aliphatic heterocycles. The third-order valence-electron chi connectivity index (χ3n) is 0.954. The molecule has 0 fully saturated rings. The van der Waals surface area contributed by atoms with E-state index in [0.29, 0.717) is 6.04 Å². The zero-order valence-electron chi connectivity index (χ0n) is 5.76. The summed E-state index contributed by atoms with van der Waals surface area (Å²) in [5.41, 5.74) is 0. The summed E-state index contributed by atoms with van der Waals surface area (Å²) in [5.74, 6) is 0. The van der Waals surface area contributed by atoms with Crippen molar-refractivity contribution in [2.24, 2.45) is 4.99 Å². The fourth-order valence-electron chi connectivity index (χ4n) is 0.637. The number of rotatable bonds is 1. The molecule has 52 valence electrons. The Morgan fingerprint density at radius 1 is 1.78 bits per heavy atom. The highest BCUT2D eigenvalue weighted by Gasteiger charge is 1.98. The quantitative estimate of drug-likeness (QED) is 0.409. The molecule has 1 rings (SSSR count). The van der Waals surface area contributed by atoms with Crippen molar-refractivity contribution in [2.45, 2.75) is 19.9 Å². The molecule has 0 aromatic carbocycles. The third-order valence-corrected chi connectivity index (χ3v) is 1.82. The van der Waals surface area contributed by atoms with E-state index in [-0.39, 0.29) is 0 Å². The third kappa shape index (κ3) is 2.18. The van der Waals surface area contributed by atoms with Gasteiger partial charge in [-0.3, -0.25) is 4.99 Å². The van der Waals surface area contributed by atoms with E-state index in [1.807, 2.05) is 0 Å². The van der Waals surface area contributed by atoms with E-state index < -0.39 is 0 Å². The maximum Gasteiger partial charge on any atom is 0.148 e. The van der Waals surface area contributed by atoms with Gasteiger partial charge in [0.15, 0.2) is 0 Å². The van der Waals surface area contributed by atoms with Crippen LogP contribution in [-0.4, -0.2) is 23.1 Å². The predicted molar refractivity (Wildman–Crippen MR) is 45.6 cm³/mol. The van der Waals surface area contributed by atoms with E-state index in [2.05, 4.69) is 29.5 Å². The Labute approximate surface area is 59.3 Å². The molecule has 2 nitrogen and oxygen atoms in total. The molecule has 0 aliphatic carbocycles. The molecular weight excluding hydrogens is 132 g/mol. The van der Waals surface area contributed by atoms with Gasteiger partial charge in [0.1, 0.15) is 5.17 Å². The monoisotopic (exact) mass is 144 g/mol. The molecule has 0 saturated carbocycles. The number of amidine groups is 1. The van der Waals surface area contributed by atoms with Crippen LogP contribution < -0.4 is 5.32 Å². The highest BCUT2D eigenvalue weighted by atomic mass is 32.1. The first-order valence-electron chi connectivity index (χ1n) is 3.12. The van der Waals surface area contributed by atoms with Crippen molar-refractivity contribution < 1.29 is 0 Å². The number of aliphatic imine (C=N–C) groups is 1. The first-order valence-corrected chi connectivity index (χ1v) is 4.09. The minimum Gasteiger partial charge on any atom is -0.363 e. The Morgan fingerprint density at radius 3 is 3.00 bits per heavy atom. The Bertz CT molecular complexity index is 149. The van der Waals surface area contributed by atoms with E-state index in [1.54, 1.807) is 0 Å². The van der Waals surface area contributed by atoms with Gasteiger partial charge in [-0.2, -0.15) is 0 Å². The molecule has 0 aromatic rings. The molecule has 0 amide bonds. The molecule has 1 heterocycles. The van der Waals surface area contributed by atoms with Gasteiger partial charge in [0, 0.05) is 6.04 Å². The second kappa shape index (κ2) is 3.01. The lowest BCUT2D eigenvalue weighted by molar-refractivity contribution is 0.740. The predicted octanol–water partition coefficient (Wildman–Crippen LogP) is 0.622. The van der Waals surface area contributed by atoms with Crippen LogP contribution in [0.15, 0.2) is 4.99 Å². The van der Waals surface area contributed by atoms with Crippen LogP contribution >= 0.6 is 11.4 Å². The number of nitrogens with zero attached hydrogens (tertiary/aromatic N) is 1. The SMILES string of the molecule is CC(C)NC1=NCC=[SH]1. The van der Waals surface area contributed by atoms with E-state index in [1.165, 1.54) is 11.4 Å². The van der Waals surface area contributed by atoms with Crippen LogP contribution in [-0.2, 0) is 0 Å². The van der Waals surface area contributed by atoms with Crippen LogP contribution in [0.2, 0.25) is 0 Å². The molecule has 1 N–H and O–H groups in total. The topological polar surface area (TPSA) is 24.4 Å². The van der Waals surface area contributed by atoms with Crippen LogP contribution in [0.5, 0.6) is 0 Å². The summed E-state index contributed by atoms with van der Waals surface area (Å²) in [6, 6.07) is 0.516. The van der Waals surface area contributed by atoms with Crippen molar-refractivity contribution in [2.75, 3.05) is 6.54 Å². The van der Waals surface area contributed by atoms with Crippen LogP contribution in [0.4, 0.5) is 0 Å². The van der Waals surface area contributed by atoms with Gasteiger partial charge >= 0.3 is 0 Å². The van der Waals surface area contributed by atoms with E-state index in [0.717, 1.165) is 11.7 Å². The fraction of sp³-hybridized carbons (Fsp3) is 0.667. The summed E-state index contributed by atoms with van der Waals surface area (Å²) in [6.07, 6.45) is 0. The van der Waals surface area contributed by atoms with Crippen molar-refractivity contribution in [3.05, 3.63) is 0 Å². The fourth-order valence-corrected chi connectivity index (χ4v) is 1.47. The molecule has 0 atom stereocenters. The molecule has 3 heteroatoms. The smallest absolute Gasteiger partial charge is 0.148 e. The van der Waals surface area contributed by atoms with Crippen molar-refractivity contribution in [3.63, 3.8) is 0 Å². The average molecular weight is 144 g/mol. The minimum atomic E-state index is 0.516. The molecule has 0 radical (unpaired) electrons. The summed E-state index contributed by atoms with van der Waals surface area (Å²) in [6.45, 7) is 5.13. The largest absolute Gasteiger partial charge is 0.363 e. The molecule has 1 aliphatic rings. The molecule has 0 bridgehead atoms. The van der Waals surface area contributed by atoms with Crippen molar-refractivity contribution in [1.82, 2.24) is 5.32 Å². The van der Waals surface area contributed by atoms with Gasteiger partial charge < -0.3 is 5.32 Å². The van der Waals surface area contributed by atoms with Crippen molar-refractivity contribution in [3.8, 4) is 0 Å². The maximum absolute atomic E-state index is 4.21. The van der Waals surface area contributed by atoms with Crippen LogP contribution in [0, 0.1) is 0 Å². The van der Waals surface area contributed by atoms with Gasteiger partial charge in [-0.25, -0.2) is 0 Å². The zero-order chi connectivity index (χ0) is 6.69. The number of nitrogens with one attached hydrogen (secondary N) is 1. The summed E-state index contributed by atoms with van der Waals surface area (Å²) in [5, 5.41) is 6.51.